The molecule has 0 unspecified atom stereocenters. The number of nitrogens with zero attached hydrogens (tertiary/aromatic N) is 5. The van der Waals surface area contributed by atoms with Crippen molar-refractivity contribution in [3.05, 3.63) is 40.4 Å². The van der Waals surface area contributed by atoms with Gasteiger partial charge in [0.2, 0.25) is 5.13 Å². The van der Waals surface area contributed by atoms with Crippen molar-refractivity contribution in [1.29, 1.82) is 0 Å². The maximum Gasteiger partial charge on any atom is 0.203 e. The van der Waals surface area contributed by atoms with Crippen LogP contribution in [0.5, 0.6) is 0 Å². The maximum absolute atomic E-state index is 13.5. The minimum atomic E-state index is -0.437. The number of nitrogen functional groups attached to an aromatic ring is 1. The summed E-state index contributed by atoms with van der Waals surface area (Å²) >= 11 is 14.1. The first-order valence-corrected chi connectivity index (χ1v) is 9.81. The summed E-state index contributed by atoms with van der Waals surface area (Å²) < 4.78 is 15.2. The first-order chi connectivity index (χ1) is 13.3. The summed E-state index contributed by atoms with van der Waals surface area (Å²) in [6.07, 6.45) is 1.63. The summed E-state index contributed by atoms with van der Waals surface area (Å²) in [7, 11) is 0. The predicted molar refractivity (Wildman–Crippen MR) is 110 cm³/mol. The van der Waals surface area contributed by atoms with Crippen molar-refractivity contribution < 1.29 is 4.39 Å². The van der Waals surface area contributed by atoms with E-state index in [0.29, 0.717) is 38.3 Å². The predicted octanol–water partition coefficient (Wildman–Crippen LogP) is 4.76. The zero-order chi connectivity index (χ0) is 20.0. The zero-order valence-corrected chi connectivity index (χ0v) is 17.1. The average molecular weight is 438 g/mol. The van der Waals surface area contributed by atoms with Crippen LogP contribution in [0.3, 0.4) is 0 Å². The average Bonchev–Trinajstić information content (AvgIpc) is 3.21. The molecule has 0 bridgehead atoms. The van der Waals surface area contributed by atoms with Gasteiger partial charge in [-0.05, 0) is 32.0 Å². The molecule has 144 valence electrons. The first-order valence-electron chi connectivity index (χ1n) is 8.23. The Morgan fingerprint density at radius 1 is 1.21 bits per heavy atom. The van der Waals surface area contributed by atoms with Crippen LogP contribution in [0, 0.1) is 5.82 Å². The van der Waals surface area contributed by atoms with E-state index in [2.05, 4.69) is 25.6 Å². The van der Waals surface area contributed by atoms with Crippen LogP contribution >= 0.6 is 34.5 Å². The van der Waals surface area contributed by atoms with Crippen molar-refractivity contribution in [2.75, 3.05) is 11.1 Å². The van der Waals surface area contributed by atoms with Gasteiger partial charge in [-0.3, -0.25) is 0 Å². The number of nitrogens with one attached hydrogen (secondary N) is 1. The van der Waals surface area contributed by atoms with Crippen LogP contribution < -0.4 is 11.1 Å². The molecule has 3 aromatic heterocycles. The summed E-state index contributed by atoms with van der Waals surface area (Å²) in [4.78, 5) is 4.50. The van der Waals surface area contributed by atoms with Gasteiger partial charge in [-0.25, -0.2) is 9.37 Å². The number of anilines is 2. The number of fused-ring (bicyclic) bond motifs is 1. The molecule has 3 N–H and O–H groups in total. The smallest absolute Gasteiger partial charge is 0.203 e. The lowest BCUT2D eigenvalue weighted by Gasteiger charge is -2.18. The Kier molecular flexibility index (Phi) is 4.82. The lowest BCUT2D eigenvalue weighted by atomic mass is 10.1. The molecule has 4 aromatic rings. The number of nitrogens with two attached hydrogens (primary N) is 1. The molecule has 3 heterocycles. The van der Waals surface area contributed by atoms with Gasteiger partial charge >= 0.3 is 0 Å². The highest BCUT2D eigenvalue weighted by molar-refractivity contribution is 7.18. The van der Waals surface area contributed by atoms with Crippen molar-refractivity contribution in [2.45, 2.75) is 19.9 Å². The Morgan fingerprint density at radius 3 is 2.64 bits per heavy atom. The summed E-state index contributed by atoms with van der Waals surface area (Å²) in [6, 6.07) is 4.17. The Balaban J connectivity index is 2.01. The normalized spacial score (nSPS) is 11.5. The topological polar surface area (TPSA) is 94.0 Å². The Labute approximate surface area is 173 Å². The van der Waals surface area contributed by atoms with E-state index in [0.717, 1.165) is 0 Å². The molecule has 11 heteroatoms. The van der Waals surface area contributed by atoms with E-state index in [9.17, 15) is 4.39 Å². The standard InChI is InChI=1S/C17H14Cl2FN7S/c1-7(2)23-15-12(9-4-3-8(20)5-11(9)18)13(19)24-14-10(6-22-27(14)15)16-25-26-17(21)28-16/h3-7,23H,1-2H3,(H2,21,26). The minimum absolute atomic E-state index is 0.0597. The van der Waals surface area contributed by atoms with E-state index in [1.54, 1.807) is 16.8 Å². The fraction of sp³-hybridized carbons (Fsp3) is 0.176. The molecule has 0 aliphatic rings. The molecule has 4 rings (SSSR count). The quantitative estimate of drug-likeness (QED) is 0.446. The lowest BCUT2D eigenvalue weighted by molar-refractivity contribution is 0.628. The van der Waals surface area contributed by atoms with E-state index in [1.165, 1.54) is 23.5 Å². The number of halogens is 3. The van der Waals surface area contributed by atoms with Crippen LogP contribution in [0.4, 0.5) is 15.3 Å². The van der Waals surface area contributed by atoms with Crippen LogP contribution in [-0.4, -0.2) is 30.8 Å². The molecular formula is C17H14Cl2FN7S. The van der Waals surface area contributed by atoms with E-state index in [4.69, 9.17) is 28.9 Å². The van der Waals surface area contributed by atoms with Gasteiger partial charge in [0.1, 0.15) is 16.8 Å². The van der Waals surface area contributed by atoms with Gasteiger partial charge in [0.25, 0.3) is 0 Å². The van der Waals surface area contributed by atoms with E-state index in [-0.39, 0.29) is 16.2 Å². The van der Waals surface area contributed by atoms with Crippen molar-refractivity contribution in [2.24, 2.45) is 0 Å². The van der Waals surface area contributed by atoms with Gasteiger partial charge in [0.15, 0.2) is 10.7 Å². The highest BCUT2D eigenvalue weighted by atomic mass is 35.5. The van der Waals surface area contributed by atoms with Crippen molar-refractivity contribution in [3.63, 3.8) is 0 Å². The zero-order valence-electron chi connectivity index (χ0n) is 14.7. The minimum Gasteiger partial charge on any atom is -0.374 e. The van der Waals surface area contributed by atoms with Crippen LogP contribution in [-0.2, 0) is 0 Å². The SMILES string of the molecule is CC(C)Nc1c(-c2ccc(F)cc2Cl)c(Cl)nc2c(-c3nnc(N)s3)cnn12. The fourth-order valence-electron chi connectivity index (χ4n) is 2.80. The number of hydrogen-bond donors (Lipinski definition) is 2. The van der Waals surface area contributed by atoms with E-state index in [1.807, 2.05) is 13.8 Å². The fourth-order valence-corrected chi connectivity index (χ4v) is 3.95. The highest BCUT2D eigenvalue weighted by Gasteiger charge is 2.23. The van der Waals surface area contributed by atoms with E-state index >= 15 is 0 Å². The third-order valence-corrected chi connectivity index (χ3v) is 5.27. The van der Waals surface area contributed by atoms with Gasteiger partial charge in [-0.1, -0.05) is 34.5 Å². The highest BCUT2D eigenvalue weighted by Crippen LogP contribution is 2.40. The lowest BCUT2D eigenvalue weighted by Crippen LogP contribution is -2.15. The molecule has 7 nitrogen and oxygen atoms in total. The largest absolute Gasteiger partial charge is 0.374 e. The molecule has 1 aromatic carbocycles. The second-order valence-electron chi connectivity index (χ2n) is 6.29. The number of benzene rings is 1. The van der Waals surface area contributed by atoms with Gasteiger partial charge in [-0.15, -0.1) is 10.2 Å². The second-order valence-corrected chi connectivity index (χ2v) is 8.06. The number of hydrogen-bond acceptors (Lipinski definition) is 7. The number of aromatic nitrogens is 5. The molecule has 0 amide bonds. The third kappa shape index (κ3) is 3.25. The molecule has 0 fully saturated rings. The van der Waals surface area contributed by atoms with Crippen molar-refractivity contribution in [1.82, 2.24) is 24.8 Å². The molecule has 0 aliphatic carbocycles. The van der Waals surface area contributed by atoms with Crippen LogP contribution in [0.25, 0.3) is 27.3 Å². The molecule has 28 heavy (non-hydrogen) atoms. The van der Waals surface area contributed by atoms with Crippen LogP contribution in [0.1, 0.15) is 13.8 Å². The molecule has 0 saturated heterocycles. The van der Waals surface area contributed by atoms with Crippen molar-refractivity contribution >= 4 is 51.1 Å². The third-order valence-electron chi connectivity index (χ3n) is 3.90. The molecule has 0 atom stereocenters. The maximum atomic E-state index is 13.5. The Hall–Kier alpha value is -2.49. The van der Waals surface area contributed by atoms with Crippen LogP contribution in [0.2, 0.25) is 10.2 Å². The summed E-state index contributed by atoms with van der Waals surface area (Å²) in [5, 5.41) is 17.0. The molecule has 0 spiro atoms. The van der Waals surface area contributed by atoms with Crippen molar-refractivity contribution in [3.8, 4) is 21.7 Å². The molecular weight excluding hydrogens is 424 g/mol. The van der Waals surface area contributed by atoms with E-state index < -0.39 is 5.82 Å². The summed E-state index contributed by atoms with van der Waals surface area (Å²) in [6.45, 7) is 3.96. The monoisotopic (exact) mass is 437 g/mol. The Morgan fingerprint density at radius 2 is 2.00 bits per heavy atom. The van der Waals surface area contributed by atoms with Gasteiger partial charge in [0.05, 0.1) is 22.3 Å². The Bertz CT molecular complexity index is 1190. The second kappa shape index (κ2) is 7.16. The van der Waals surface area contributed by atoms with Gasteiger partial charge < -0.3 is 11.1 Å². The molecule has 0 aliphatic heterocycles. The van der Waals surface area contributed by atoms with Gasteiger partial charge in [-0.2, -0.15) is 9.61 Å². The number of rotatable bonds is 4. The summed E-state index contributed by atoms with van der Waals surface area (Å²) in [5.74, 6) is 0.148. The van der Waals surface area contributed by atoms with Crippen LogP contribution in [0.15, 0.2) is 24.4 Å². The molecule has 0 saturated carbocycles. The first kappa shape index (κ1) is 18.9. The van der Waals surface area contributed by atoms with Gasteiger partial charge in [0, 0.05) is 11.6 Å². The summed E-state index contributed by atoms with van der Waals surface area (Å²) in [5.41, 5.74) is 7.91. The molecule has 0 radical (unpaired) electrons.